The third-order valence-corrected chi connectivity index (χ3v) is 5.54. The average molecular weight is 369 g/mol. The molecule has 1 atom stereocenters. The van der Waals surface area contributed by atoms with Crippen molar-refractivity contribution in [2.45, 2.75) is 18.4 Å². The van der Waals surface area contributed by atoms with Crippen LogP contribution in [0.15, 0.2) is 36.9 Å². The highest BCUT2D eigenvalue weighted by molar-refractivity contribution is 5.93. The summed E-state index contributed by atoms with van der Waals surface area (Å²) in [6.07, 6.45) is 8.20. The monoisotopic (exact) mass is 369 g/mol. The smallest absolute Gasteiger partial charge is 0.274 e. The molecule has 2 aliphatic heterocycles. The van der Waals surface area contributed by atoms with Crippen molar-refractivity contribution < 1.29 is 14.3 Å². The summed E-state index contributed by atoms with van der Waals surface area (Å²) in [5.74, 6) is 0.153. The molecule has 142 valence electrons. The highest BCUT2D eigenvalue weighted by Gasteiger charge is 2.54. The molecule has 0 bridgehead atoms. The third-order valence-electron chi connectivity index (χ3n) is 5.54. The Kier molecular flexibility index (Phi) is 4.65. The molecule has 27 heavy (non-hydrogen) atoms. The number of hydrogen-bond donors (Lipinski definition) is 1. The van der Waals surface area contributed by atoms with E-state index in [-0.39, 0.29) is 17.4 Å². The number of rotatable bonds is 5. The summed E-state index contributed by atoms with van der Waals surface area (Å²) < 4.78 is 7.81. The molecule has 8 nitrogen and oxygen atoms in total. The lowest BCUT2D eigenvalue weighted by Gasteiger charge is -2.50. The van der Waals surface area contributed by atoms with Gasteiger partial charge in [-0.1, -0.05) is 0 Å². The van der Waals surface area contributed by atoms with Gasteiger partial charge in [0.1, 0.15) is 17.0 Å². The van der Waals surface area contributed by atoms with Gasteiger partial charge in [0.25, 0.3) is 11.8 Å². The molecule has 0 aliphatic carbocycles. The van der Waals surface area contributed by atoms with Crippen LogP contribution in [-0.2, 0) is 11.8 Å². The Morgan fingerprint density at radius 3 is 2.93 bits per heavy atom. The molecule has 2 fully saturated rings. The first kappa shape index (κ1) is 17.7. The average Bonchev–Trinajstić information content (AvgIpc) is 3.27. The number of carbonyl (C=O) groups excluding carboxylic acids is 2. The SMILES string of the molecule is Cn1cccc1C(=O)NCC[C@H]1CCOC12CN(C(=O)c1cnccn1)C2. The molecule has 2 aromatic rings. The number of likely N-dealkylation sites (tertiary alicyclic amines) is 1. The maximum atomic E-state index is 12.4. The fourth-order valence-corrected chi connectivity index (χ4v) is 4.00. The van der Waals surface area contributed by atoms with Gasteiger partial charge in [-0.25, -0.2) is 4.98 Å². The van der Waals surface area contributed by atoms with Crippen LogP contribution in [0, 0.1) is 5.92 Å². The predicted octanol–water partition coefficient (Wildman–Crippen LogP) is 0.866. The molecule has 1 spiro atoms. The quantitative estimate of drug-likeness (QED) is 0.845. The summed E-state index contributed by atoms with van der Waals surface area (Å²) in [7, 11) is 1.85. The molecule has 0 saturated carbocycles. The number of nitrogens with one attached hydrogen (secondary N) is 1. The molecular weight excluding hydrogens is 346 g/mol. The van der Waals surface area contributed by atoms with Crippen LogP contribution < -0.4 is 5.32 Å². The Morgan fingerprint density at radius 2 is 2.22 bits per heavy atom. The van der Waals surface area contributed by atoms with Gasteiger partial charge in [-0.15, -0.1) is 0 Å². The zero-order valence-electron chi connectivity index (χ0n) is 15.3. The van der Waals surface area contributed by atoms with E-state index in [1.165, 1.54) is 12.4 Å². The minimum Gasteiger partial charge on any atom is -0.371 e. The first-order valence-corrected chi connectivity index (χ1v) is 9.18. The highest BCUT2D eigenvalue weighted by Crippen LogP contribution is 2.41. The van der Waals surface area contributed by atoms with Crippen molar-refractivity contribution in [2.24, 2.45) is 13.0 Å². The molecule has 0 radical (unpaired) electrons. The zero-order chi connectivity index (χ0) is 18.9. The van der Waals surface area contributed by atoms with E-state index in [1.54, 1.807) is 21.7 Å². The van der Waals surface area contributed by atoms with Crippen LogP contribution in [0.5, 0.6) is 0 Å². The van der Waals surface area contributed by atoms with E-state index in [1.807, 2.05) is 19.3 Å². The van der Waals surface area contributed by atoms with Crippen molar-refractivity contribution in [3.63, 3.8) is 0 Å². The number of carbonyl (C=O) groups is 2. The van der Waals surface area contributed by atoms with E-state index in [2.05, 4.69) is 15.3 Å². The summed E-state index contributed by atoms with van der Waals surface area (Å²) >= 11 is 0. The van der Waals surface area contributed by atoms with Crippen LogP contribution in [0.25, 0.3) is 0 Å². The van der Waals surface area contributed by atoms with Gasteiger partial charge in [0.15, 0.2) is 0 Å². The normalized spacial score (nSPS) is 20.5. The molecule has 2 amide bonds. The van der Waals surface area contributed by atoms with Gasteiger partial charge in [0.2, 0.25) is 0 Å². The molecule has 2 aromatic heterocycles. The van der Waals surface area contributed by atoms with Crippen LogP contribution in [0.2, 0.25) is 0 Å². The summed E-state index contributed by atoms with van der Waals surface area (Å²) in [6, 6.07) is 3.66. The number of hydrogen-bond acceptors (Lipinski definition) is 5. The fourth-order valence-electron chi connectivity index (χ4n) is 4.00. The van der Waals surface area contributed by atoms with Crippen molar-refractivity contribution in [3.05, 3.63) is 48.3 Å². The van der Waals surface area contributed by atoms with Crippen LogP contribution in [0.3, 0.4) is 0 Å². The molecule has 4 rings (SSSR count). The topological polar surface area (TPSA) is 89.4 Å². The molecule has 2 saturated heterocycles. The lowest BCUT2D eigenvalue weighted by molar-refractivity contribution is -0.118. The van der Waals surface area contributed by atoms with E-state index in [4.69, 9.17) is 4.74 Å². The maximum Gasteiger partial charge on any atom is 0.274 e. The van der Waals surface area contributed by atoms with Crippen LogP contribution in [-0.4, -0.2) is 63.1 Å². The van der Waals surface area contributed by atoms with E-state index in [9.17, 15) is 9.59 Å². The standard InChI is InChI=1S/C19H23N5O3/c1-23-9-2-3-16(23)17(25)22-6-4-14-5-10-27-19(14)12-24(13-19)18(26)15-11-20-7-8-21-15/h2-3,7-9,11,14H,4-6,10,12-13H2,1H3,(H,22,25)/t14-/m0/s1. The Bertz CT molecular complexity index is 829. The van der Waals surface area contributed by atoms with Gasteiger partial charge in [0.05, 0.1) is 19.3 Å². The summed E-state index contributed by atoms with van der Waals surface area (Å²) in [6.45, 7) is 2.43. The summed E-state index contributed by atoms with van der Waals surface area (Å²) in [5.41, 5.74) is 0.724. The second kappa shape index (κ2) is 7.11. The summed E-state index contributed by atoms with van der Waals surface area (Å²) in [5, 5.41) is 2.98. The van der Waals surface area contributed by atoms with Crippen molar-refractivity contribution in [2.75, 3.05) is 26.2 Å². The predicted molar refractivity (Wildman–Crippen MR) is 97.1 cm³/mol. The van der Waals surface area contributed by atoms with Gasteiger partial charge in [-0.3, -0.25) is 14.6 Å². The molecule has 0 aromatic carbocycles. The van der Waals surface area contributed by atoms with Gasteiger partial charge >= 0.3 is 0 Å². The minimum atomic E-state index is -0.284. The number of nitrogens with zero attached hydrogens (tertiary/aromatic N) is 4. The van der Waals surface area contributed by atoms with Gasteiger partial charge in [-0.05, 0) is 30.9 Å². The molecule has 1 N–H and O–H groups in total. The number of ether oxygens (including phenoxy) is 1. The van der Waals surface area contributed by atoms with Crippen LogP contribution >= 0.6 is 0 Å². The molecule has 2 aliphatic rings. The Hall–Kier alpha value is -2.74. The van der Waals surface area contributed by atoms with Gasteiger partial charge < -0.3 is 19.5 Å². The van der Waals surface area contributed by atoms with Crippen LogP contribution in [0.1, 0.15) is 33.8 Å². The second-order valence-corrected chi connectivity index (χ2v) is 7.20. The Labute approximate surface area is 157 Å². The molecular formula is C19H23N5O3. The maximum absolute atomic E-state index is 12.4. The molecule has 0 unspecified atom stereocenters. The van der Waals surface area contributed by atoms with Crippen molar-refractivity contribution in [3.8, 4) is 0 Å². The van der Waals surface area contributed by atoms with E-state index >= 15 is 0 Å². The van der Waals surface area contributed by atoms with Gasteiger partial charge in [-0.2, -0.15) is 0 Å². The largest absolute Gasteiger partial charge is 0.371 e. The van der Waals surface area contributed by atoms with Gasteiger partial charge in [0, 0.05) is 38.8 Å². The highest BCUT2D eigenvalue weighted by atomic mass is 16.5. The molecule has 4 heterocycles. The lowest BCUT2D eigenvalue weighted by Crippen LogP contribution is -2.66. The van der Waals surface area contributed by atoms with E-state index < -0.39 is 0 Å². The third kappa shape index (κ3) is 3.32. The Balaban J connectivity index is 1.29. The number of aromatic nitrogens is 3. The molecule has 8 heteroatoms. The van der Waals surface area contributed by atoms with Crippen LogP contribution in [0.4, 0.5) is 0 Å². The fraction of sp³-hybridized carbons (Fsp3) is 0.474. The lowest BCUT2D eigenvalue weighted by atomic mass is 9.78. The van der Waals surface area contributed by atoms with E-state index in [0.717, 1.165) is 12.8 Å². The second-order valence-electron chi connectivity index (χ2n) is 7.20. The van der Waals surface area contributed by atoms with Crippen molar-refractivity contribution in [1.82, 2.24) is 24.8 Å². The first-order chi connectivity index (χ1) is 13.1. The van der Waals surface area contributed by atoms with Crippen molar-refractivity contribution >= 4 is 11.8 Å². The first-order valence-electron chi connectivity index (χ1n) is 9.18. The minimum absolute atomic E-state index is 0.0662. The number of aryl methyl sites for hydroxylation is 1. The summed E-state index contributed by atoms with van der Waals surface area (Å²) in [4.78, 5) is 34.4. The van der Waals surface area contributed by atoms with Crippen molar-refractivity contribution in [1.29, 1.82) is 0 Å². The number of amides is 2. The van der Waals surface area contributed by atoms with E-state index in [0.29, 0.717) is 43.5 Å². The Morgan fingerprint density at radius 1 is 1.37 bits per heavy atom. The zero-order valence-corrected chi connectivity index (χ0v) is 15.3.